The van der Waals surface area contributed by atoms with Gasteiger partial charge in [0.25, 0.3) is 0 Å². The number of nitrogens with zero attached hydrogens (tertiary/aromatic N) is 4. The standard InChI is InChI=1S/C18H8BrN5O/c19-13-3-1-2-11(6-13)18-24-15-7-14(4-5-17(15)25-18)23-16(10-22)12(8-20)9-21/h1-7,23H. The van der Waals surface area contributed by atoms with Crippen molar-refractivity contribution >= 4 is 32.7 Å². The first-order valence-electron chi connectivity index (χ1n) is 7.02. The lowest BCUT2D eigenvalue weighted by molar-refractivity contribution is 0.620. The molecule has 0 radical (unpaired) electrons. The normalized spacial score (nSPS) is 9.68. The van der Waals surface area contributed by atoms with E-state index < -0.39 is 0 Å². The smallest absolute Gasteiger partial charge is 0.227 e. The Hall–Kier alpha value is -3.60. The number of hydrogen-bond donors (Lipinski definition) is 1. The summed E-state index contributed by atoms with van der Waals surface area (Å²) in [4.78, 5) is 4.45. The van der Waals surface area contributed by atoms with Gasteiger partial charge in [-0.15, -0.1) is 0 Å². The van der Waals surface area contributed by atoms with Crippen molar-refractivity contribution in [2.24, 2.45) is 0 Å². The van der Waals surface area contributed by atoms with Gasteiger partial charge in [-0.1, -0.05) is 22.0 Å². The highest BCUT2D eigenvalue weighted by Crippen LogP contribution is 2.28. The van der Waals surface area contributed by atoms with E-state index in [9.17, 15) is 0 Å². The molecule has 25 heavy (non-hydrogen) atoms. The van der Waals surface area contributed by atoms with Crippen LogP contribution >= 0.6 is 15.9 Å². The zero-order valence-electron chi connectivity index (χ0n) is 12.6. The predicted octanol–water partition coefficient (Wildman–Crippen LogP) is 4.49. The van der Waals surface area contributed by atoms with Gasteiger partial charge in [0.1, 0.15) is 29.4 Å². The second kappa shape index (κ2) is 6.88. The summed E-state index contributed by atoms with van der Waals surface area (Å²) in [5.41, 5.74) is 2.14. The molecule has 0 saturated carbocycles. The van der Waals surface area contributed by atoms with Crippen LogP contribution in [0.2, 0.25) is 0 Å². The molecule has 1 aromatic heterocycles. The van der Waals surface area contributed by atoms with E-state index in [1.54, 1.807) is 30.3 Å². The lowest BCUT2D eigenvalue weighted by atomic mass is 10.2. The summed E-state index contributed by atoms with van der Waals surface area (Å²) < 4.78 is 6.66. The maximum absolute atomic E-state index is 9.10. The molecule has 118 valence electrons. The third kappa shape index (κ3) is 3.35. The summed E-state index contributed by atoms with van der Waals surface area (Å²) in [6.07, 6.45) is 0. The number of nitriles is 3. The zero-order chi connectivity index (χ0) is 17.8. The van der Waals surface area contributed by atoms with Gasteiger partial charge in [0.2, 0.25) is 5.89 Å². The Morgan fingerprint density at radius 2 is 1.84 bits per heavy atom. The first-order chi connectivity index (χ1) is 12.1. The number of oxazole rings is 1. The number of nitrogens with one attached hydrogen (secondary N) is 1. The second-order valence-electron chi connectivity index (χ2n) is 4.92. The summed E-state index contributed by atoms with van der Waals surface area (Å²) in [7, 11) is 0. The van der Waals surface area contributed by atoms with E-state index in [4.69, 9.17) is 20.2 Å². The molecule has 0 aliphatic heterocycles. The van der Waals surface area contributed by atoms with Crippen molar-refractivity contribution in [3.8, 4) is 29.7 Å². The van der Waals surface area contributed by atoms with Crippen LogP contribution in [0.25, 0.3) is 22.6 Å². The SMILES string of the molecule is N#CC(C#N)=C(C#N)Nc1ccc2oc(-c3cccc(Br)c3)nc2c1. The minimum absolute atomic E-state index is 0.111. The maximum atomic E-state index is 9.10. The van der Waals surface area contributed by atoms with Crippen molar-refractivity contribution in [3.63, 3.8) is 0 Å². The van der Waals surface area contributed by atoms with Crippen molar-refractivity contribution in [2.45, 2.75) is 0 Å². The minimum Gasteiger partial charge on any atom is -0.436 e. The first kappa shape index (κ1) is 16.3. The molecule has 0 bridgehead atoms. The van der Waals surface area contributed by atoms with E-state index in [2.05, 4.69) is 26.2 Å². The summed E-state index contributed by atoms with van der Waals surface area (Å²) in [6.45, 7) is 0. The molecule has 0 aliphatic carbocycles. The molecule has 2 aromatic carbocycles. The summed E-state index contributed by atoms with van der Waals surface area (Å²) in [6, 6.07) is 17.8. The quantitative estimate of drug-likeness (QED) is 0.660. The van der Waals surface area contributed by atoms with E-state index in [1.165, 1.54) is 0 Å². The number of allylic oxidation sites excluding steroid dienone is 2. The fourth-order valence-corrected chi connectivity index (χ4v) is 2.58. The third-order valence-electron chi connectivity index (χ3n) is 3.31. The van der Waals surface area contributed by atoms with Gasteiger partial charge in [-0.3, -0.25) is 0 Å². The minimum atomic E-state index is -0.280. The number of benzene rings is 2. The first-order valence-corrected chi connectivity index (χ1v) is 7.82. The van der Waals surface area contributed by atoms with Gasteiger partial charge in [0.15, 0.2) is 11.2 Å². The van der Waals surface area contributed by atoms with Gasteiger partial charge in [0, 0.05) is 15.7 Å². The molecular formula is C18H8BrN5O. The Balaban J connectivity index is 1.99. The Labute approximate surface area is 151 Å². The van der Waals surface area contributed by atoms with Crippen LogP contribution in [0.15, 0.2) is 62.6 Å². The zero-order valence-corrected chi connectivity index (χ0v) is 14.2. The van der Waals surface area contributed by atoms with Crippen molar-refractivity contribution in [1.82, 2.24) is 4.98 Å². The Morgan fingerprint density at radius 3 is 2.52 bits per heavy atom. The van der Waals surface area contributed by atoms with Gasteiger partial charge in [-0.25, -0.2) is 4.98 Å². The average Bonchev–Trinajstić information content (AvgIpc) is 3.05. The molecule has 3 aromatic rings. The number of rotatable bonds is 3. The lowest BCUT2D eigenvalue weighted by Crippen LogP contribution is -2.00. The molecule has 0 spiro atoms. The van der Waals surface area contributed by atoms with Gasteiger partial charge in [-0.2, -0.15) is 15.8 Å². The number of anilines is 1. The number of halogens is 1. The molecule has 6 nitrogen and oxygen atoms in total. The summed E-state index contributed by atoms with van der Waals surface area (Å²) in [5, 5.41) is 29.6. The molecule has 1 N–H and O–H groups in total. The summed E-state index contributed by atoms with van der Waals surface area (Å²) >= 11 is 3.41. The highest BCUT2D eigenvalue weighted by atomic mass is 79.9. The molecule has 3 rings (SSSR count). The number of aromatic nitrogens is 1. The Morgan fingerprint density at radius 1 is 1.04 bits per heavy atom. The van der Waals surface area contributed by atoms with Crippen LogP contribution in [-0.2, 0) is 0 Å². The van der Waals surface area contributed by atoms with Crippen LogP contribution in [0, 0.1) is 34.0 Å². The topological polar surface area (TPSA) is 109 Å². The van der Waals surface area contributed by atoms with Crippen molar-refractivity contribution in [3.05, 3.63) is 58.2 Å². The largest absolute Gasteiger partial charge is 0.436 e. The van der Waals surface area contributed by atoms with Crippen molar-refractivity contribution in [1.29, 1.82) is 15.8 Å². The van der Waals surface area contributed by atoms with E-state index in [0.717, 1.165) is 10.0 Å². The predicted molar refractivity (Wildman–Crippen MR) is 94.6 cm³/mol. The number of fused-ring (bicyclic) bond motifs is 1. The average molecular weight is 390 g/mol. The number of hydrogen-bond acceptors (Lipinski definition) is 6. The third-order valence-corrected chi connectivity index (χ3v) is 3.81. The molecule has 1 heterocycles. The van der Waals surface area contributed by atoms with E-state index in [0.29, 0.717) is 22.7 Å². The van der Waals surface area contributed by atoms with Crippen molar-refractivity contribution in [2.75, 3.05) is 5.32 Å². The van der Waals surface area contributed by atoms with E-state index in [-0.39, 0.29) is 11.3 Å². The van der Waals surface area contributed by atoms with Crippen LogP contribution in [0.3, 0.4) is 0 Å². The second-order valence-corrected chi connectivity index (χ2v) is 5.84. The Bertz CT molecular complexity index is 1110. The fraction of sp³-hybridized carbons (Fsp3) is 0. The molecule has 0 saturated heterocycles. The van der Waals surface area contributed by atoms with Gasteiger partial charge in [0.05, 0.1) is 0 Å². The van der Waals surface area contributed by atoms with Crippen LogP contribution in [0.5, 0.6) is 0 Å². The molecular weight excluding hydrogens is 382 g/mol. The van der Waals surface area contributed by atoms with Gasteiger partial charge < -0.3 is 9.73 Å². The van der Waals surface area contributed by atoms with Crippen LogP contribution < -0.4 is 5.32 Å². The van der Waals surface area contributed by atoms with Gasteiger partial charge in [-0.05, 0) is 36.4 Å². The van der Waals surface area contributed by atoms with Crippen LogP contribution in [-0.4, -0.2) is 4.98 Å². The molecule has 0 unspecified atom stereocenters. The molecule has 0 amide bonds. The Kier molecular flexibility index (Phi) is 4.48. The molecule has 0 atom stereocenters. The maximum Gasteiger partial charge on any atom is 0.227 e. The lowest BCUT2D eigenvalue weighted by Gasteiger charge is -2.03. The van der Waals surface area contributed by atoms with E-state index in [1.807, 2.05) is 30.3 Å². The highest BCUT2D eigenvalue weighted by Gasteiger charge is 2.11. The van der Waals surface area contributed by atoms with Crippen molar-refractivity contribution < 1.29 is 4.42 Å². The van der Waals surface area contributed by atoms with Gasteiger partial charge >= 0.3 is 0 Å². The highest BCUT2D eigenvalue weighted by molar-refractivity contribution is 9.10. The van der Waals surface area contributed by atoms with Crippen LogP contribution in [0.1, 0.15) is 0 Å². The monoisotopic (exact) mass is 389 g/mol. The molecule has 0 fully saturated rings. The fourth-order valence-electron chi connectivity index (χ4n) is 2.18. The molecule has 7 heteroatoms. The molecule has 0 aliphatic rings. The van der Waals surface area contributed by atoms with E-state index >= 15 is 0 Å². The summed E-state index contributed by atoms with van der Waals surface area (Å²) in [5.74, 6) is 0.472. The van der Waals surface area contributed by atoms with Crippen LogP contribution in [0.4, 0.5) is 5.69 Å².